The van der Waals surface area contributed by atoms with Crippen molar-refractivity contribution in [2.75, 3.05) is 0 Å². The molecule has 0 aromatic carbocycles. The lowest BCUT2D eigenvalue weighted by molar-refractivity contribution is 0.0734. The standard InChI is InChI=1S/C18H17N3OS/c1-14-6-10-23-17(14)18(22)21(12-15-4-8-19-9-5-15)13-16-3-2-7-20-11-16/h2-11H,12-13H2,1H3. The molecule has 0 unspecified atom stereocenters. The third kappa shape index (κ3) is 3.81. The summed E-state index contributed by atoms with van der Waals surface area (Å²) in [5, 5.41) is 1.96. The molecule has 0 bridgehead atoms. The third-order valence-electron chi connectivity index (χ3n) is 3.56. The van der Waals surface area contributed by atoms with Crippen LogP contribution >= 0.6 is 11.3 Å². The van der Waals surface area contributed by atoms with E-state index in [1.165, 1.54) is 11.3 Å². The number of amides is 1. The molecule has 0 saturated carbocycles. The average Bonchev–Trinajstić information content (AvgIpc) is 3.01. The number of nitrogens with zero attached hydrogens (tertiary/aromatic N) is 3. The zero-order valence-electron chi connectivity index (χ0n) is 12.8. The van der Waals surface area contributed by atoms with Gasteiger partial charge in [-0.25, -0.2) is 0 Å². The molecular weight excluding hydrogens is 306 g/mol. The molecule has 3 aromatic heterocycles. The van der Waals surface area contributed by atoms with Gasteiger partial charge in [0, 0.05) is 37.9 Å². The molecule has 0 aliphatic rings. The predicted octanol–water partition coefficient (Wildman–Crippen LogP) is 3.69. The second-order valence-electron chi connectivity index (χ2n) is 5.31. The van der Waals surface area contributed by atoms with Crippen LogP contribution in [0.25, 0.3) is 0 Å². The van der Waals surface area contributed by atoms with Crippen LogP contribution in [0.5, 0.6) is 0 Å². The van der Waals surface area contributed by atoms with Crippen LogP contribution in [-0.4, -0.2) is 20.8 Å². The van der Waals surface area contributed by atoms with Gasteiger partial charge in [0.2, 0.25) is 0 Å². The Bertz CT molecular complexity index is 730. The van der Waals surface area contributed by atoms with Gasteiger partial charge in [-0.1, -0.05) is 6.07 Å². The normalized spacial score (nSPS) is 10.5. The summed E-state index contributed by atoms with van der Waals surface area (Å²) in [4.78, 5) is 23.8. The molecule has 0 aliphatic heterocycles. The summed E-state index contributed by atoms with van der Waals surface area (Å²) in [6, 6.07) is 9.73. The fourth-order valence-electron chi connectivity index (χ4n) is 2.36. The van der Waals surface area contributed by atoms with E-state index in [0.717, 1.165) is 21.6 Å². The summed E-state index contributed by atoms with van der Waals surface area (Å²) in [6.45, 7) is 3.05. The topological polar surface area (TPSA) is 46.1 Å². The number of rotatable bonds is 5. The molecule has 0 saturated heterocycles. The molecule has 5 heteroatoms. The zero-order valence-corrected chi connectivity index (χ0v) is 13.7. The van der Waals surface area contributed by atoms with Gasteiger partial charge in [-0.2, -0.15) is 0 Å². The number of pyridine rings is 2. The highest BCUT2D eigenvalue weighted by Gasteiger charge is 2.19. The van der Waals surface area contributed by atoms with Gasteiger partial charge in [-0.3, -0.25) is 14.8 Å². The van der Waals surface area contributed by atoms with Crippen molar-refractivity contribution in [2.45, 2.75) is 20.0 Å². The molecule has 3 rings (SSSR count). The van der Waals surface area contributed by atoms with E-state index in [2.05, 4.69) is 9.97 Å². The molecular formula is C18H17N3OS. The van der Waals surface area contributed by atoms with Gasteiger partial charge in [-0.15, -0.1) is 11.3 Å². The van der Waals surface area contributed by atoms with Crippen LogP contribution in [0.4, 0.5) is 0 Å². The summed E-state index contributed by atoms with van der Waals surface area (Å²) < 4.78 is 0. The Balaban J connectivity index is 1.86. The van der Waals surface area contributed by atoms with E-state index in [4.69, 9.17) is 0 Å². The quantitative estimate of drug-likeness (QED) is 0.719. The Kier molecular flexibility index (Phi) is 4.78. The number of carbonyl (C=O) groups excluding carboxylic acids is 1. The third-order valence-corrected chi connectivity index (χ3v) is 4.57. The largest absolute Gasteiger partial charge is 0.329 e. The molecule has 3 heterocycles. The molecule has 0 N–H and O–H groups in total. The van der Waals surface area contributed by atoms with E-state index >= 15 is 0 Å². The van der Waals surface area contributed by atoms with Crippen LogP contribution in [0.15, 0.2) is 60.5 Å². The minimum absolute atomic E-state index is 0.0539. The number of carbonyl (C=O) groups is 1. The minimum Gasteiger partial charge on any atom is -0.329 e. The number of hydrogen-bond donors (Lipinski definition) is 0. The summed E-state index contributed by atoms with van der Waals surface area (Å²) in [6.07, 6.45) is 7.03. The Labute approximate surface area is 139 Å². The first kappa shape index (κ1) is 15.4. The number of aryl methyl sites for hydroxylation is 1. The fraction of sp³-hybridized carbons (Fsp3) is 0.167. The average molecular weight is 323 g/mol. The van der Waals surface area contributed by atoms with Crippen molar-refractivity contribution < 1.29 is 4.79 Å². The highest BCUT2D eigenvalue weighted by Crippen LogP contribution is 2.20. The van der Waals surface area contributed by atoms with Gasteiger partial charge in [0.05, 0.1) is 4.88 Å². The van der Waals surface area contributed by atoms with Crippen LogP contribution in [-0.2, 0) is 13.1 Å². The van der Waals surface area contributed by atoms with Gasteiger partial charge in [0.25, 0.3) is 5.91 Å². The van der Waals surface area contributed by atoms with Crippen molar-refractivity contribution >= 4 is 17.2 Å². The summed E-state index contributed by atoms with van der Waals surface area (Å²) in [7, 11) is 0. The Morgan fingerprint density at radius 3 is 2.48 bits per heavy atom. The van der Waals surface area contributed by atoms with Gasteiger partial charge in [0.15, 0.2) is 0 Å². The summed E-state index contributed by atoms with van der Waals surface area (Å²) >= 11 is 1.49. The van der Waals surface area contributed by atoms with Crippen molar-refractivity contribution in [2.24, 2.45) is 0 Å². The van der Waals surface area contributed by atoms with Crippen molar-refractivity contribution in [3.8, 4) is 0 Å². The first-order valence-electron chi connectivity index (χ1n) is 7.35. The molecule has 1 amide bonds. The Morgan fingerprint density at radius 1 is 1.04 bits per heavy atom. The minimum atomic E-state index is 0.0539. The summed E-state index contributed by atoms with van der Waals surface area (Å²) in [5.74, 6) is 0.0539. The highest BCUT2D eigenvalue weighted by atomic mass is 32.1. The van der Waals surface area contributed by atoms with Crippen LogP contribution in [0.3, 0.4) is 0 Å². The lowest BCUT2D eigenvalue weighted by Crippen LogP contribution is -2.30. The second-order valence-corrected chi connectivity index (χ2v) is 6.23. The molecule has 116 valence electrons. The molecule has 0 fully saturated rings. The Hall–Kier alpha value is -2.53. The van der Waals surface area contributed by atoms with Crippen LogP contribution < -0.4 is 0 Å². The number of aromatic nitrogens is 2. The maximum atomic E-state index is 12.9. The van der Waals surface area contributed by atoms with E-state index in [1.807, 2.05) is 47.5 Å². The SMILES string of the molecule is Cc1ccsc1C(=O)N(Cc1ccncc1)Cc1cccnc1. The van der Waals surface area contributed by atoms with Crippen LogP contribution in [0.1, 0.15) is 26.4 Å². The maximum absolute atomic E-state index is 12.9. The van der Waals surface area contributed by atoms with Crippen LogP contribution in [0.2, 0.25) is 0 Å². The lowest BCUT2D eigenvalue weighted by Gasteiger charge is -2.22. The molecule has 0 spiro atoms. The molecule has 0 aliphatic carbocycles. The van der Waals surface area contributed by atoms with E-state index in [-0.39, 0.29) is 5.91 Å². The maximum Gasteiger partial charge on any atom is 0.264 e. The molecule has 4 nitrogen and oxygen atoms in total. The van der Waals surface area contributed by atoms with Crippen LogP contribution in [0, 0.1) is 6.92 Å². The van der Waals surface area contributed by atoms with Gasteiger partial charge in [0.1, 0.15) is 0 Å². The van der Waals surface area contributed by atoms with Crippen molar-refractivity contribution in [1.29, 1.82) is 0 Å². The van der Waals surface area contributed by atoms with Crippen molar-refractivity contribution in [3.05, 3.63) is 82.1 Å². The zero-order chi connectivity index (χ0) is 16.1. The first-order valence-corrected chi connectivity index (χ1v) is 8.23. The van der Waals surface area contributed by atoms with E-state index in [9.17, 15) is 4.79 Å². The first-order chi connectivity index (χ1) is 11.2. The fourth-order valence-corrected chi connectivity index (χ4v) is 3.25. The molecule has 0 atom stereocenters. The number of hydrogen-bond acceptors (Lipinski definition) is 4. The molecule has 0 radical (unpaired) electrons. The number of thiophene rings is 1. The second kappa shape index (κ2) is 7.15. The van der Waals surface area contributed by atoms with E-state index in [1.54, 1.807) is 24.8 Å². The van der Waals surface area contributed by atoms with Gasteiger partial charge in [-0.05, 0) is 53.3 Å². The van der Waals surface area contributed by atoms with E-state index in [0.29, 0.717) is 13.1 Å². The molecule has 3 aromatic rings. The molecule has 23 heavy (non-hydrogen) atoms. The van der Waals surface area contributed by atoms with E-state index < -0.39 is 0 Å². The smallest absolute Gasteiger partial charge is 0.264 e. The highest BCUT2D eigenvalue weighted by molar-refractivity contribution is 7.12. The van der Waals surface area contributed by atoms with Crippen molar-refractivity contribution in [1.82, 2.24) is 14.9 Å². The van der Waals surface area contributed by atoms with Gasteiger partial charge >= 0.3 is 0 Å². The monoisotopic (exact) mass is 323 g/mol. The predicted molar refractivity (Wildman–Crippen MR) is 91.1 cm³/mol. The van der Waals surface area contributed by atoms with Crippen molar-refractivity contribution in [3.63, 3.8) is 0 Å². The van der Waals surface area contributed by atoms with Gasteiger partial charge < -0.3 is 4.90 Å². The summed E-state index contributed by atoms with van der Waals surface area (Å²) in [5.41, 5.74) is 3.10. The lowest BCUT2D eigenvalue weighted by atomic mass is 10.2. The Morgan fingerprint density at radius 2 is 1.83 bits per heavy atom.